The third-order valence-electron chi connectivity index (χ3n) is 5.06. The molecule has 0 unspecified atom stereocenters. The van der Waals surface area contributed by atoms with Gasteiger partial charge < -0.3 is 10.1 Å². The van der Waals surface area contributed by atoms with Crippen LogP contribution in [0.25, 0.3) is 0 Å². The summed E-state index contributed by atoms with van der Waals surface area (Å²) in [5.41, 5.74) is 0.757. The first kappa shape index (κ1) is 22.2. The molecule has 3 rings (SSSR count). The van der Waals surface area contributed by atoms with Crippen LogP contribution >= 0.6 is 0 Å². The maximum atomic E-state index is 13.8. The van der Waals surface area contributed by atoms with Crippen LogP contribution in [0.2, 0.25) is 0 Å². The van der Waals surface area contributed by atoms with Crippen molar-refractivity contribution in [2.24, 2.45) is 0 Å². The van der Waals surface area contributed by atoms with Crippen LogP contribution in [-0.4, -0.2) is 38.3 Å². The van der Waals surface area contributed by atoms with Crippen molar-refractivity contribution in [2.75, 3.05) is 25.0 Å². The minimum atomic E-state index is -3.64. The first-order chi connectivity index (χ1) is 14.4. The van der Waals surface area contributed by atoms with E-state index in [9.17, 15) is 17.6 Å². The molecule has 1 heterocycles. The van der Waals surface area contributed by atoms with Gasteiger partial charge in [-0.2, -0.15) is 4.31 Å². The minimum Gasteiger partial charge on any atom is -0.492 e. The fourth-order valence-corrected chi connectivity index (χ4v) is 5.01. The number of ether oxygens (including phenoxy) is 1. The second-order valence-electron chi connectivity index (χ2n) is 7.20. The minimum absolute atomic E-state index is 0.0651. The molecule has 1 N–H and O–H groups in total. The highest BCUT2D eigenvalue weighted by molar-refractivity contribution is 7.89. The predicted molar refractivity (Wildman–Crippen MR) is 114 cm³/mol. The molecule has 0 aliphatic carbocycles. The molecule has 0 saturated carbocycles. The number of piperidine rings is 1. The number of hydrogen-bond acceptors (Lipinski definition) is 4. The molecule has 2 aromatic carbocycles. The lowest BCUT2D eigenvalue weighted by molar-refractivity contribution is -0.116. The lowest BCUT2D eigenvalue weighted by atomic mass is 10.1. The highest BCUT2D eigenvalue weighted by Crippen LogP contribution is 2.30. The Morgan fingerprint density at radius 1 is 1.13 bits per heavy atom. The third-order valence-corrected chi connectivity index (χ3v) is 6.95. The van der Waals surface area contributed by atoms with Crippen LogP contribution in [0.1, 0.15) is 38.2 Å². The Bertz CT molecular complexity index is 988. The number of carbonyl (C=O) groups is 1. The fraction of sp³-hybridized carbons (Fsp3) is 0.409. The number of sulfonamides is 1. The predicted octanol–water partition coefficient (Wildman–Crippen LogP) is 3.97. The summed E-state index contributed by atoms with van der Waals surface area (Å²) in [6, 6.07) is 10.8. The number of carbonyl (C=O) groups excluding carboxylic acids is 1. The number of halogens is 1. The van der Waals surface area contributed by atoms with Crippen LogP contribution in [0.5, 0.6) is 5.75 Å². The molecular formula is C22H27FN2O4S. The monoisotopic (exact) mass is 434 g/mol. The molecule has 1 saturated heterocycles. The summed E-state index contributed by atoms with van der Waals surface area (Å²) in [4.78, 5) is 12.6. The fourth-order valence-electron chi connectivity index (χ4n) is 3.46. The van der Waals surface area contributed by atoms with Crippen LogP contribution in [0.3, 0.4) is 0 Å². The Hall–Kier alpha value is -2.45. The van der Waals surface area contributed by atoms with E-state index in [-0.39, 0.29) is 29.5 Å². The molecule has 0 bridgehead atoms. The van der Waals surface area contributed by atoms with Gasteiger partial charge in [-0.3, -0.25) is 4.79 Å². The van der Waals surface area contributed by atoms with Gasteiger partial charge in [-0.25, -0.2) is 12.8 Å². The molecule has 1 aliphatic heterocycles. The number of benzene rings is 2. The zero-order valence-electron chi connectivity index (χ0n) is 17.1. The van der Waals surface area contributed by atoms with Crippen molar-refractivity contribution in [3.63, 3.8) is 0 Å². The van der Waals surface area contributed by atoms with E-state index in [0.717, 1.165) is 19.3 Å². The van der Waals surface area contributed by atoms with Crippen LogP contribution in [-0.2, 0) is 21.2 Å². The number of hydrogen-bond donors (Lipinski definition) is 1. The topological polar surface area (TPSA) is 75.7 Å². The van der Waals surface area contributed by atoms with Gasteiger partial charge in [-0.1, -0.05) is 24.6 Å². The molecular weight excluding hydrogens is 407 g/mol. The number of rotatable bonds is 8. The molecule has 1 amide bonds. The molecule has 30 heavy (non-hydrogen) atoms. The normalized spacial score (nSPS) is 15.0. The highest BCUT2D eigenvalue weighted by Gasteiger charge is 2.27. The van der Waals surface area contributed by atoms with Crippen molar-refractivity contribution >= 4 is 21.6 Å². The van der Waals surface area contributed by atoms with Crippen LogP contribution in [0, 0.1) is 5.82 Å². The zero-order chi connectivity index (χ0) is 21.6. The summed E-state index contributed by atoms with van der Waals surface area (Å²) in [6.07, 6.45) is 3.02. The summed E-state index contributed by atoms with van der Waals surface area (Å²) < 4.78 is 46.7. The number of nitrogens with zero attached hydrogens (tertiary/aromatic N) is 1. The van der Waals surface area contributed by atoms with Crippen LogP contribution in [0.15, 0.2) is 47.4 Å². The standard InChI is InChI=1S/C22H27FN2O4S/c1-2-29-21-12-11-18(30(27,28)25-14-6-3-7-15-25)16-20(21)24-22(26)13-10-17-8-4-5-9-19(17)23/h4-5,8-9,11-12,16H,2-3,6-7,10,13-15H2,1H3,(H,24,26). The van der Waals surface area contributed by atoms with Crippen molar-refractivity contribution in [1.82, 2.24) is 4.31 Å². The van der Waals surface area contributed by atoms with Gasteiger partial charge in [0.2, 0.25) is 15.9 Å². The summed E-state index contributed by atoms with van der Waals surface area (Å²) in [5.74, 6) is -0.295. The molecule has 8 heteroatoms. The number of aryl methyl sites for hydroxylation is 1. The van der Waals surface area contributed by atoms with E-state index in [1.54, 1.807) is 24.3 Å². The Labute approximate surface area is 177 Å². The average Bonchev–Trinajstić information content (AvgIpc) is 2.75. The maximum Gasteiger partial charge on any atom is 0.243 e. The second kappa shape index (κ2) is 10.0. The second-order valence-corrected chi connectivity index (χ2v) is 9.13. The Morgan fingerprint density at radius 3 is 2.57 bits per heavy atom. The van der Waals surface area contributed by atoms with E-state index < -0.39 is 10.0 Å². The number of nitrogens with one attached hydrogen (secondary N) is 1. The van der Waals surface area contributed by atoms with E-state index in [0.29, 0.717) is 36.7 Å². The summed E-state index contributed by atoms with van der Waals surface area (Å²) in [6.45, 7) is 3.18. The van der Waals surface area contributed by atoms with Gasteiger partial charge >= 0.3 is 0 Å². The van der Waals surface area contributed by atoms with Crippen molar-refractivity contribution in [3.05, 3.63) is 53.8 Å². The highest BCUT2D eigenvalue weighted by atomic mass is 32.2. The summed E-state index contributed by atoms with van der Waals surface area (Å²) in [7, 11) is -3.64. The third kappa shape index (κ3) is 5.37. The lowest BCUT2D eigenvalue weighted by Gasteiger charge is -2.26. The average molecular weight is 435 g/mol. The molecule has 162 valence electrons. The molecule has 6 nitrogen and oxygen atoms in total. The van der Waals surface area contributed by atoms with Gasteiger partial charge in [0.25, 0.3) is 0 Å². The SMILES string of the molecule is CCOc1ccc(S(=O)(=O)N2CCCCC2)cc1NC(=O)CCc1ccccc1F. The number of anilines is 1. The Morgan fingerprint density at radius 2 is 1.87 bits per heavy atom. The molecule has 0 atom stereocenters. The van der Waals surface area contributed by atoms with Crippen LogP contribution in [0.4, 0.5) is 10.1 Å². The van der Waals surface area contributed by atoms with Gasteiger partial charge in [0.15, 0.2) is 0 Å². The molecule has 0 aromatic heterocycles. The van der Waals surface area contributed by atoms with E-state index in [4.69, 9.17) is 4.74 Å². The first-order valence-electron chi connectivity index (χ1n) is 10.2. The first-order valence-corrected chi connectivity index (χ1v) is 11.7. The summed E-state index contributed by atoms with van der Waals surface area (Å²) >= 11 is 0. The van der Waals surface area contributed by atoms with Crippen molar-refractivity contribution in [3.8, 4) is 5.75 Å². The smallest absolute Gasteiger partial charge is 0.243 e. The van der Waals surface area contributed by atoms with Gasteiger partial charge in [0.05, 0.1) is 17.2 Å². The van der Waals surface area contributed by atoms with Gasteiger partial charge in [0, 0.05) is 19.5 Å². The van der Waals surface area contributed by atoms with E-state index in [2.05, 4.69) is 5.32 Å². The molecule has 1 fully saturated rings. The van der Waals surface area contributed by atoms with Gasteiger partial charge in [0.1, 0.15) is 11.6 Å². The Balaban J connectivity index is 1.77. The van der Waals surface area contributed by atoms with Crippen molar-refractivity contribution in [2.45, 2.75) is 43.9 Å². The van der Waals surface area contributed by atoms with Crippen LogP contribution < -0.4 is 10.1 Å². The van der Waals surface area contributed by atoms with E-state index >= 15 is 0 Å². The zero-order valence-corrected chi connectivity index (χ0v) is 17.9. The molecule has 0 spiro atoms. The van der Waals surface area contributed by atoms with Crippen molar-refractivity contribution < 1.29 is 22.3 Å². The molecule has 0 radical (unpaired) electrons. The Kier molecular flexibility index (Phi) is 7.44. The van der Waals surface area contributed by atoms with Crippen molar-refractivity contribution in [1.29, 1.82) is 0 Å². The summed E-state index contributed by atoms with van der Waals surface area (Å²) in [5, 5.41) is 2.73. The van der Waals surface area contributed by atoms with Gasteiger partial charge in [-0.15, -0.1) is 0 Å². The molecule has 2 aromatic rings. The largest absolute Gasteiger partial charge is 0.492 e. The lowest BCUT2D eigenvalue weighted by Crippen LogP contribution is -2.35. The van der Waals surface area contributed by atoms with Gasteiger partial charge in [-0.05, 0) is 56.0 Å². The molecule has 1 aliphatic rings. The maximum absolute atomic E-state index is 13.8. The number of amides is 1. The van der Waals surface area contributed by atoms with E-state index in [1.807, 2.05) is 6.92 Å². The quantitative estimate of drug-likeness (QED) is 0.682. The van der Waals surface area contributed by atoms with E-state index in [1.165, 1.54) is 22.5 Å².